The van der Waals surface area contributed by atoms with Crippen molar-refractivity contribution in [3.05, 3.63) is 52.8 Å². The molecule has 8 nitrogen and oxygen atoms in total. The molecule has 0 saturated heterocycles. The van der Waals surface area contributed by atoms with Crippen LogP contribution < -0.4 is 10.1 Å². The summed E-state index contributed by atoms with van der Waals surface area (Å²) in [7, 11) is 1.62. The van der Waals surface area contributed by atoms with E-state index in [1.165, 1.54) is 0 Å². The van der Waals surface area contributed by atoms with Crippen LogP contribution in [0.15, 0.2) is 30.3 Å². The second-order valence-electron chi connectivity index (χ2n) is 8.11. The molecule has 0 aliphatic rings. The molecule has 0 aliphatic heterocycles. The zero-order valence-electron chi connectivity index (χ0n) is 20.3. The van der Waals surface area contributed by atoms with Gasteiger partial charge in [0.25, 0.3) is 5.91 Å². The quantitative estimate of drug-likeness (QED) is 0.387. The third-order valence-electron chi connectivity index (χ3n) is 5.37. The topological polar surface area (TPSA) is 95.9 Å². The van der Waals surface area contributed by atoms with Gasteiger partial charge in [0.15, 0.2) is 6.61 Å². The number of hydrogen-bond acceptors (Lipinski definition) is 6. The van der Waals surface area contributed by atoms with Crippen LogP contribution in [-0.4, -0.2) is 55.2 Å². The molecule has 1 heterocycles. The molecule has 1 unspecified atom stereocenters. The summed E-state index contributed by atoms with van der Waals surface area (Å²) < 4.78 is 17.8. The van der Waals surface area contributed by atoms with Crippen molar-refractivity contribution in [3.63, 3.8) is 0 Å². The Balaban J connectivity index is 2.01. The van der Waals surface area contributed by atoms with Crippen molar-refractivity contribution in [1.82, 2.24) is 9.88 Å². The molecule has 0 fully saturated rings. The van der Waals surface area contributed by atoms with E-state index in [9.17, 15) is 14.4 Å². The predicted molar refractivity (Wildman–Crippen MR) is 125 cm³/mol. The highest BCUT2D eigenvalue weighted by Crippen LogP contribution is 2.17. The fraction of sp³-hybridized carbons (Fsp3) is 0.480. The van der Waals surface area contributed by atoms with Crippen LogP contribution in [0.25, 0.3) is 0 Å². The number of carbonyl (C=O) groups is 3. The number of amides is 1. The first-order chi connectivity index (χ1) is 15.7. The number of ether oxygens (including phenoxy) is 3. The van der Waals surface area contributed by atoms with E-state index in [0.29, 0.717) is 36.6 Å². The minimum absolute atomic E-state index is 0.224. The highest BCUT2D eigenvalue weighted by Gasteiger charge is 2.27. The minimum Gasteiger partial charge on any atom is -0.494 e. The largest absolute Gasteiger partial charge is 0.494 e. The van der Waals surface area contributed by atoms with Crippen LogP contribution in [0.4, 0.5) is 0 Å². The zero-order chi connectivity index (χ0) is 24.5. The van der Waals surface area contributed by atoms with Gasteiger partial charge in [-0.1, -0.05) is 13.8 Å². The van der Waals surface area contributed by atoms with E-state index in [0.717, 1.165) is 11.4 Å². The van der Waals surface area contributed by atoms with Gasteiger partial charge in [-0.25, -0.2) is 4.79 Å². The highest BCUT2D eigenvalue weighted by atomic mass is 16.5. The molecular weight excluding hydrogens is 424 g/mol. The summed E-state index contributed by atoms with van der Waals surface area (Å²) in [5.41, 5.74) is 2.64. The Bertz CT molecular complexity index is 962. The summed E-state index contributed by atoms with van der Waals surface area (Å²) in [5, 5.41) is 2.71. The second kappa shape index (κ2) is 12.2. The molecule has 0 bridgehead atoms. The number of Topliss-reactive ketones (excluding diaryl/α,β-unsaturated/α-hetero) is 1. The van der Waals surface area contributed by atoms with E-state index in [1.54, 1.807) is 51.3 Å². The maximum Gasteiger partial charge on any atom is 0.329 e. The third-order valence-corrected chi connectivity index (χ3v) is 5.37. The fourth-order valence-corrected chi connectivity index (χ4v) is 3.51. The summed E-state index contributed by atoms with van der Waals surface area (Å²) in [5.74, 6) is -0.902. The summed E-state index contributed by atoms with van der Waals surface area (Å²) >= 11 is 0. The molecule has 2 aromatic rings. The molecule has 0 aliphatic carbocycles. The van der Waals surface area contributed by atoms with Crippen LogP contribution in [0.1, 0.15) is 52.9 Å². The lowest BCUT2D eigenvalue weighted by Crippen LogP contribution is -2.45. The standard InChI is InChI=1S/C25H34N2O6/c1-7-32-20-10-8-19(9-11-20)24(29)26-23(16(2)3)25(30)33-15-22(28)21-14-17(4)27(18(21)5)12-13-31-6/h8-11,14,16,23H,7,12-13,15H2,1-6H3,(H,26,29). The normalized spacial score (nSPS) is 11.8. The van der Waals surface area contributed by atoms with Crippen molar-refractivity contribution in [2.45, 2.75) is 47.2 Å². The van der Waals surface area contributed by atoms with Crippen molar-refractivity contribution in [3.8, 4) is 5.75 Å². The number of nitrogens with zero attached hydrogens (tertiary/aromatic N) is 1. The highest BCUT2D eigenvalue weighted by molar-refractivity contribution is 6.00. The molecule has 0 radical (unpaired) electrons. The maximum absolute atomic E-state index is 12.7. The number of hydrogen-bond donors (Lipinski definition) is 1. The van der Waals surface area contributed by atoms with E-state index < -0.39 is 24.5 Å². The van der Waals surface area contributed by atoms with Gasteiger partial charge in [0, 0.05) is 36.2 Å². The van der Waals surface area contributed by atoms with Crippen LogP contribution in [0.5, 0.6) is 5.75 Å². The minimum atomic E-state index is -0.883. The molecule has 33 heavy (non-hydrogen) atoms. The van der Waals surface area contributed by atoms with E-state index >= 15 is 0 Å². The van der Waals surface area contributed by atoms with E-state index in [2.05, 4.69) is 5.32 Å². The van der Waals surface area contributed by atoms with Gasteiger partial charge in [-0.2, -0.15) is 0 Å². The van der Waals surface area contributed by atoms with Crippen LogP contribution in [0.3, 0.4) is 0 Å². The maximum atomic E-state index is 12.7. The lowest BCUT2D eigenvalue weighted by Gasteiger charge is -2.21. The molecule has 2 rings (SSSR count). The fourth-order valence-electron chi connectivity index (χ4n) is 3.51. The average molecular weight is 459 g/mol. The molecule has 1 amide bonds. The Morgan fingerprint density at radius 1 is 1.09 bits per heavy atom. The van der Waals surface area contributed by atoms with Crippen molar-refractivity contribution in [1.29, 1.82) is 0 Å². The number of rotatable bonds is 12. The van der Waals surface area contributed by atoms with E-state index in [4.69, 9.17) is 14.2 Å². The number of esters is 1. The first kappa shape index (κ1) is 26.1. The molecule has 1 atom stereocenters. The Hall–Kier alpha value is -3.13. The average Bonchev–Trinajstić information content (AvgIpc) is 3.07. The number of carbonyl (C=O) groups excluding carboxylic acids is 3. The molecular formula is C25H34N2O6. The van der Waals surface area contributed by atoms with Crippen molar-refractivity contribution in [2.24, 2.45) is 5.92 Å². The molecule has 180 valence electrons. The Morgan fingerprint density at radius 3 is 2.33 bits per heavy atom. The van der Waals surface area contributed by atoms with Crippen molar-refractivity contribution < 1.29 is 28.6 Å². The molecule has 1 N–H and O–H groups in total. The van der Waals surface area contributed by atoms with Gasteiger partial charge in [-0.3, -0.25) is 9.59 Å². The number of aryl methyl sites for hydroxylation is 1. The summed E-state index contributed by atoms with van der Waals surface area (Å²) in [6, 6.07) is 7.56. The number of methoxy groups -OCH3 is 1. The summed E-state index contributed by atoms with van der Waals surface area (Å²) in [6.07, 6.45) is 0. The Labute approximate surface area is 195 Å². The molecule has 8 heteroatoms. The van der Waals surface area contributed by atoms with Gasteiger partial charge < -0.3 is 24.1 Å². The summed E-state index contributed by atoms with van der Waals surface area (Å²) in [4.78, 5) is 38.0. The predicted octanol–water partition coefficient (Wildman–Crippen LogP) is 3.33. The van der Waals surface area contributed by atoms with Crippen LogP contribution in [0, 0.1) is 19.8 Å². The first-order valence-corrected chi connectivity index (χ1v) is 11.1. The zero-order valence-corrected chi connectivity index (χ0v) is 20.3. The van der Waals surface area contributed by atoms with Gasteiger partial charge in [-0.15, -0.1) is 0 Å². The SMILES string of the molecule is CCOc1ccc(C(=O)NC(C(=O)OCC(=O)c2cc(C)n(CCOC)c2C)C(C)C)cc1. The molecule has 0 saturated carbocycles. The van der Waals surface area contributed by atoms with Gasteiger partial charge >= 0.3 is 5.97 Å². The molecule has 1 aromatic carbocycles. The van der Waals surface area contributed by atoms with Gasteiger partial charge in [0.05, 0.1) is 13.2 Å². The van der Waals surface area contributed by atoms with Gasteiger partial charge in [0.2, 0.25) is 5.78 Å². The van der Waals surface area contributed by atoms with E-state index in [1.807, 2.05) is 25.3 Å². The van der Waals surface area contributed by atoms with Gasteiger partial charge in [-0.05, 0) is 57.0 Å². The smallest absolute Gasteiger partial charge is 0.329 e. The van der Waals surface area contributed by atoms with Crippen LogP contribution >= 0.6 is 0 Å². The lowest BCUT2D eigenvalue weighted by molar-refractivity contribution is -0.145. The molecule has 0 spiro atoms. The number of aromatic nitrogens is 1. The number of benzene rings is 1. The Morgan fingerprint density at radius 2 is 1.76 bits per heavy atom. The van der Waals surface area contributed by atoms with Crippen LogP contribution in [-0.2, 0) is 20.8 Å². The van der Waals surface area contributed by atoms with E-state index in [-0.39, 0.29) is 11.7 Å². The third kappa shape index (κ3) is 6.92. The van der Waals surface area contributed by atoms with Crippen molar-refractivity contribution in [2.75, 3.05) is 26.9 Å². The number of nitrogens with one attached hydrogen (secondary N) is 1. The summed E-state index contributed by atoms with van der Waals surface area (Å²) in [6.45, 7) is 10.5. The van der Waals surface area contributed by atoms with Crippen LogP contribution in [0.2, 0.25) is 0 Å². The van der Waals surface area contributed by atoms with Gasteiger partial charge in [0.1, 0.15) is 11.8 Å². The second-order valence-corrected chi connectivity index (χ2v) is 8.11. The first-order valence-electron chi connectivity index (χ1n) is 11.1. The van der Waals surface area contributed by atoms with Crippen molar-refractivity contribution >= 4 is 17.7 Å². The monoisotopic (exact) mass is 458 g/mol. The molecule has 1 aromatic heterocycles. The number of ketones is 1. The Kier molecular flexibility index (Phi) is 9.66. The lowest BCUT2D eigenvalue weighted by atomic mass is 10.0.